The molecule has 2 aromatic rings. The molecule has 7 heteroatoms. The summed E-state index contributed by atoms with van der Waals surface area (Å²) in [5, 5.41) is 19.5. The van der Waals surface area contributed by atoms with Gasteiger partial charge in [0.1, 0.15) is 11.0 Å². The minimum Gasteiger partial charge on any atom is -0.478 e. The zero-order valence-electron chi connectivity index (χ0n) is 9.75. The number of para-hydroxylation sites is 1. The molecule has 0 radical (unpaired) electrons. The molecule has 18 heavy (non-hydrogen) atoms. The van der Waals surface area contributed by atoms with Gasteiger partial charge in [-0.2, -0.15) is 0 Å². The Hall–Kier alpha value is -2.44. The molecule has 94 valence electrons. The minimum absolute atomic E-state index is 0.141. The van der Waals surface area contributed by atoms with Gasteiger partial charge in [0.25, 0.3) is 0 Å². The number of carbonyl (C=O) groups excluding carboxylic acids is 1. The highest BCUT2D eigenvalue weighted by molar-refractivity contribution is 6.00. The first-order valence-corrected chi connectivity index (χ1v) is 5.39. The van der Waals surface area contributed by atoms with Crippen molar-refractivity contribution in [2.24, 2.45) is 0 Å². The fourth-order valence-corrected chi connectivity index (χ4v) is 1.70. The Balaban J connectivity index is 2.33. The van der Waals surface area contributed by atoms with Gasteiger partial charge in [0.2, 0.25) is 5.91 Å². The molecule has 0 atom stereocenters. The molecule has 0 fully saturated rings. The van der Waals surface area contributed by atoms with Crippen molar-refractivity contribution in [2.75, 3.05) is 6.54 Å². The standard InChI is InChI=1S/C11H12N4O3/c1-7(16)12-5-6-15-10-8(11(17)18)3-2-4-9(10)13-14-15/h2-4H,5-6H2,1H3,(H,12,16)(H,17,18). The fraction of sp³-hybridized carbons (Fsp3) is 0.273. The predicted octanol–water partition coefficient (Wildman–Crippen LogP) is 0.266. The van der Waals surface area contributed by atoms with Gasteiger partial charge in [-0.3, -0.25) is 4.79 Å². The summed E-state index contributed by atoms with van der Waals surface area (Å²) in [6, 6.07) is 4.82. The van der Waals surface area contributed by atoms with E-state index in [0.29, 0.717) is 24.1 Å². The van der Waals surface area contributed by atoms with Crippen LogP contribution in [0.5, 0.6) is 0 Å². The molecule has 1 aromatic carbocycles. The monoisotopic (exact) mass is 248 g/mol. The third kappa shape index (κ3) is 2.29. The van der Waals surface area contributed by atoms with E-state index in [9.17, 15) is 9.59 Å². The molecular weight excluding hydrogens is 236 g/mol. The number of hydrogen-bond donors (Lipinski definition) is 2. The molecule has 2 rings (SSSR count). The molecule has 0 spiro atoms. The summed E-state index contributed by atoms with van der Waals surface area (Å²) in [6.45, 7) is 2.17. The molecule has 1 aromatic heterocycles. The van der Waals surface area contributed by atoms with Crippen LogP contribution in [0.4, 0.5) is 0 Å². The number of fused-ring (bicyclic) bond motifs is 1. The van der Waals surface area contributed by atoms with E-state index < -0.39 is 5.97 Å². The van der Waals surface area contributed by atoms with Gasteiger partial charge in [-0.05, 0) is 12.1 Å². The zero-order chi connectivity index (χ0) is 13.1. The van der Waals surface area contributed by atoms with Gasteiger partial charge >= 0.3 is 5.97 Å². The first kappa shape index (κ1) is 12.0. The van der Waals surface area contributed by atoms with E-state index >= 15 is 0 Å². The highest BCUT2D eigenvalue weighted by Crippen LogP contribution is 2.16. The molecule has 1 heterocycles. The Bertz CT molecular complexity index is 605. The number of carbonyl (C=O) groups is 2. The second-order valence-corrected chi connectivity index (χ2v) is 3.77. The Morgan fingerprint density at radius 2 is 2.22 bits per heavy atom. The summed E-state index contributed by atoms with van der Waals surface area (Å²) in [5.74, 6) is -1.17. The largest absolute Gasteiger partial charge is 0.478 e. The van der Waals surface area contributed by atoms with Crippen LogP contribution in [0.2, 0.25) is 0 Å². The average molecular weight is 248 g/mol. The Labute approximate surface area is 102 Å². The molecule has 0 aliphatic rings. The smallest absolute Gasteiger partial charge is 0.337 e. The van der Waals surface area contributed by atoms with Crippen LogP contribution in [-0.2, 0) is 11.3 Å². The molecule has 0 saturated heterocycles. The number of aromatic carboxylic acids is 1. The molecule has 0 unspecified atom stereocenters. The van der Waals surface area contributed by atoms with E-state index in [0.717, 1.165) is 0 Å². The maximum Gasteiger partial charge on any atom is 0.337 e. The third-order valence-corrected chi connectivity index (χ3v) is 2.46. The van der Waals surface area contributed by atoms with E-state index in [2.05, 4.69) is 15.6 Å². The van der Waals surface area contributed by atoms with Crippen molar-refractivity contribution in [3.63, 3.8) is 0 Å². The summed E-state index contributed by atoms with van der Waals surface area (Å²) in [7, 11) is 0. The van der Waals surface area contributed by atoms with Gasteiger partial charge < -0.3 is 10.4 Å². The average Bonchev–Trinajstić information content (AvgIpc) is 2.72. The Morgan fingerprint density at radius 3 is 2.89 bits per heavy atom. The fourth-order valence-electron chi connectivity index (χ4n) is 1.70. The summed E-state index contributed by atoms with van der Waals surface area (Å²) in [5.41, 5.74) is 1.15. The van der Waals surface area contributed by atoms with Gasteiger partial charge in [0, 0.05) is 13.5 Å². The minimum atomic E-state index is -1.02. The van der Waals surface area contributed by atoms with Crippen molar-refractivity contribution >= 4 is 22.9 Å². The Morgan fingerprint density at radius 1 is 1.44 bits per heavy atom. The van der Waals surface area contributed by atoms with Crippen LogP contribution in [-0.4, -0.2) is 38.5 Å². The van der Waals surface area contributed by atoms with Gasteiger partial charge in [0.15, 0.2) is 0 Å². The van der Waals surface area contributed by atoms with Crippen molar-refractivity contribution < 1.29 is 14.7 Å². The Kier molecular flexibility index (Phi) is 3.22. The molecule has 2 N–H and O–H groups in total. The number of amides is 1. The quantitative estimate of drug-likeness (QED) is 0.809. The number of nitrogens with zero attached hydrogens (tertiary/aromatic N) is 3. The topological polar surface area (TPSA) is 97.1 Å². The van der Waals surface area contributed by atoms with Crippen LogP contribution in [0, 0.1) is 0 Å². The molecule has 1 amide bonds. The van der Waals surface area contributed by atoms with Crippen molar-refractivity contribution in [1.82, 2.24) is 20.3 Å². The number of carboxylic acid groups (broad SMARTS) is 1. The molecule has 0 aliphatic heterocycles. The lowest BCUT2D eigenvalue weighted by molar-refractivity contribution is -0.118. The van der Waals surface area contributed by atoms with E-state index in [1.54, 1.807) is 12.1 Å². The molecule has 0 aliphatic carbocycles. The van der Waals surface area contributed by atoms with E-state index in [-0.39, 0.29) is 11.5 Å². The number of rotatable bonds is 4. The molecule has 0 saturated carbocycles. The van der Waals surface area contributed by atoms with Crippen LogP contribution in [0.25, 0.3) is 11.0 Å². The van der Waals surface area contributed by atoms with Crippen LogP contribution < -0.4 is 5.32 Å². The summed E-state index contributed by atoms with van der Waals surface area (Å²) in [4.78, 5) is 21.9. The van der Waals surface area contributed by atoms with Gasteiger partial charge in [-0.1, -0.05) is 11.3 Å². The van der Waals surface area contributed by atoms with Crippen LogP contribution >= 0.6 is 0 Å². The molecule has 0 bridgehead atoms. The number of nitrogens with one attached hydrogen (secondary N) is 1. The van der Waals surface area contributed by atoms with Crippen molar-refractivity contribution in [3.8, 4) is 0 Å². The number of aromatic nitrogens is 3. The van der Waals surface area contributed by atoms with E-state index in [1.807, 2.05) is 0 Å². The lowest BCUT2D eigenvalue weighted by Crippen LogP contribution is -2.25. The van der Waals surface area contributed by atoms with Crippen molar-refractivity contribution in [3.05, 3.63) is 23.8 Å². The molecule has 7 nitrogen and oxygen atoms in total. The highest BCUT2D eigenvalue weighted by Gasteiger charge is 2.14. The second-order valence-electron chi connectivity index (χ2n) is 3.77. The lowest BCUT2D eigenvalue weighted by Gasteiger charge is -2.04. The lowest BCUT2D eigenvalue weighted by atomic mass is 10.2. The first-order valence-electron chi connectivity index (χ1n) is 5.39. The maximum absolute atomic E-state index is 11.1. The predicted molar refractivity (Wildman–Crippen MR) is 63.2 cm³/mol. The van der Waals surface area contributed by atoms with Gasteiger partial charge in [-0.15, -0.1) is 5.10 Å². The number of benzene rings is 1. The highest BCUT2D eigenvalue weighted by atomic mass is 16.4. The third-order valence-electron chi connectivity index (χ3n) is 2.46. The van der Waals surface area contributed by atoms with Gasteiger partial charge in [0.05, 0.1) is 12.1 Å². The summed E-state index contributed by atoms with van der Waals surface area (Å²) in [6.07, 6.45) is 0. The summed E-state index contributed by atoms with van der Waals surface area (Å²) < 4.78 is 1.48. The maximum atomic E-state index is 11.1. The van der Waals surface area contributed by atoms with E-state index in [4.69, 9.17) is 5.11 Å². The normalized spacial score (nSPS) is 10.5. The molecular formula is C11H12N4O3. The van der Waals surface area contributed by atoms with Gasteiger partial charge in [-0.25, -0.2) is 9.48 Å². The van der Waals surface area contributed by atoms with Crippen LogP contribution in [0.15, 0.2) is 18.2 Å². The first-order chi connectivity index (χ1) is 8.59. The SMILES string of the molecule is CC(=O)NCCn1nnc2cccc(C(=O)O)c21. The zero-order valence-corrected chi connectivity index (χ0v) is 9.75. The number of carboxylic acids is 1. The van der Waals surface area contributed by atoms with Crippen molar-refractivity contribution in [1.29, 1.82) is 0 Å². The van der Waals surface area contributed by atoms with E-state index in [1.165, 1.54) is 17.7 Å². The second kappa shape index (κ2) is 4.82. The van der Waals surface area contributed by atoms with Crippen LogP contribution in [0.1, 0.15) is 17.3 Å². The number of hydrogen-bond acceptors (Lipinski definition) is 4. The summed E-state index contributed by atoms with van der Waals surface area (Å²) >= 11 is 0. The van der Waals surface area contributed by atoms with Crippen molar-refractivity contribution in [2.45, 2.75) is 13.5 Å². The van der Waals surface area contributed by atoms with Crippen LogP contribution in [0.3, 0.4) is 0 Å².